The van der Waals surface area contributed by atoms with E-state index in [9.17, 15) is 9.59 Å². The van der Waals surface area contributed by atoms with Gasteiger partial charge in [0.2, 0.25) is 0 Å². The second kappa shape index (κ2) is 7.34. The molecule has 0 saturated carbocycles. The number of ether oxygens (including phenoxy) is 1. The van der Waals surface area contributed by atoms with Gasteiger partial charge in [0.05, 0.1) is 23.9 Å². The summed E-state index contributed by atoms with van der Waals surface area (Å²) >= 11 is 0. The van der Waals surface area contributed by atoms with Crippen LogP contribution in [0.2, 0.25) is 0 Å². The number of aryl methyl sites for hydroxylation is 1. The molecule has 2 aromatic heterocycles. The molecule has 3 aromatic rings. The number of methoxy groups -OCH3 is 1. The van der Waals surface area contributed by atoms with E-state index in [2.05, 4.69) is 5.10 Å². The molecular weight excluding hydrogens is 384 g/mol. The lowest BCUT2D eigenvalue weighted by atomic mass is 10.0. The Hall–Kier alpha value is -3.03. The van der Waals surface area contributed by atoms with Crippen molar-refractivity contribution in [2.24, 2.45) is 0 Å². The van der Waals surface area contributed by atoms with Gasteiger partial charge in [0, 0.05) is 25.2 Å². The maximum atomic E-state index is 13.2. The highest BCUT2D eigenvalue weighted by Gasteiger charge is 2.31. The van der Waals surface area contributed by atoms with Crippen molar-refractivity contribution in [3.8, 4) is 5.75 Å². The van der Waals surface area contributed by atoms with Crippen molar-refractivity contribution in [2.75, 3.05) is 20.2 Å². The molecule has 0 aliphatic carbocycles. The minimum absolute atomic E-state index is 0.0185. The molecule has 1 fully saturated rings. The molecule has 8 heteroatoms. The van der Waals surface area contributed by atoms with Crippen molar-refractivity contribution in [1.29, 1.82) is 0 Å². The number of benzene rings is 1. The number of piperidine rings is 1. The number of carbonyl (C=O) groups is 1. The van der Waals surface area contributed by atoms with Crippen LogP contribution in [0.15, 0.2) is 33.5 Å². The van der Waals surface area contributed by atoms with Gasteiger partial charge in [-0.15, -0.1) is 0 Å². The van der Waals surface area contributed by atoms with Gasteiger partial charge >= 0.3 is 5.76 Å². The van der Waals surface area contributed by atoms with Crippen molar-refractivity contribution < 1.29 is 13.9 Å². The van der Waals surface area contributed by atoms with Crippen molar-refractivity contribution in [3.05, 3.63) is 46.2 Å². The second-order valence-electron chi connectivity index (χ2n) is 8.85. The van der Waals surface area contributed by atoms with Crippen LogP contribution in [-0.4, -0.2) is 45.4 Å². The van der Waals surface area contributed by atoms with Gasteiger partial charge in [-0.25, -0.2) is 4.79 Å². The van der Waals surface area contributed by atoms with Crippen LogP contribution < -0.4 is 10.5 Å². The maximum Gasteiger partial charge on any atom is 0.420 e. The lowest BCUT2D eigenvalue weighted by Crippen LogP contribution is -2.42. The van der Waals surface area contributed by atoms with Crippen LogP contribution in [0.25, 0.3) is 11.1 Å². The number of hydrogen-bond donors (Lipinski definition) is 0. The van der Waals surface area contributed by atoms with Crippen LogP contribution in [0, 0.1) is 6.92 Å². The van der Waals surface area contributed by atoms with Crippen molar-refractivity contribution >= 4 is 17.0 Å². The quantitative estimate of drug-likeness (QED) is 0.659. The molecule has 0 unspecified atom stereocenters. The fraction of sp³-hybridized carbons (Fsp3) is 0.500. The Kier molecular flexibility index (Phi) is 4.95. The van der Waals surface area contributed by atoms with E-state index in [-0.39, 0.29) is 23.2 Å². The lowest BCUT2D eigenvalue weighted by Gasteiger charge is -2.33. The summed E-state index contributed by atoms with van der Waals surface area (Å²) in [6.45, 7) is 9.14. The third kappa shape index (κ3) is 3.51. The van der Waals surface area contributed by atoms with E-state index in [0.29, 0.717) is 43.0 Å². The van der Waals surface area contributed by atoms with E-state index in [1.165, 1.54) is 0 Å². The Morgan fingerprint density at radius 2 is 1.90 bits per heavy atom. The predicted octanol–water partition coefficient (Wildman–Crippen LogP) is 3.34. The molecule has 30 heavy (non-hydrogen) atoms. The van der Waals surface area contributed by atoms with Crippen LogP contribution in [0.4, 0.5) is 0 Å². The fourth-order valence-electron chi connectivity index (χ4n) is 4.14. The molecule has 1 amide bonds. The first-order valence-corrected chi connectivity index (χ1v) is 10.2. The second-order valence-corrected chi connectivity index (χ2v) is 8.85. The molecule has 4 rings (SSSR count). The molecule has 1 aromatic carbocycles. The van der Waals surface area contributed by atoms with Gasteiger partial charge in [0.25, 0.3) is 5.91 Å². The predicted molar refractivity (Wildman–Crippen MR) is 113 cm³/mol. The zero-order chi connectivity index (χ0) is 21.6. The highest BCUT2D eigenvalue weighted by atomic mass is 16.5. The van der Waals surface area contributed by atoms with E-state index in [1.54, 1.807) is 28.5 Å². The Morgan fingerprint density at radius 3 is 2.53 bits per heavy atom. The van der Waals surface area contributed by atoms with E-state index in [4.69, 9.17) is 9.15 Å². The third-order valence-corrected chi connectivity index (χ3v) is 5.62. The molecule has 8 nitrogen and oxygen atoms in total. The molecule has 160 valence electrons. The van der Waals surface area contributed by atoms with Crippen molar-refractivity contribution in [1.82, 2.24) is 19.2 Å². The highest BCUT2D eigenvalue weighted by Crippen LogP contribution is 2.29. The fourth-order valence-corrected chi connectivity index (χ4v) is 4.14. The zero-order valence-electron chi connectivity index (χ0n) is 18.1. The van der Waals surface area contributed by atoms with Gasteiger partial charge in [-0.3, -0.25) is 14.0 Å². The molecule has 0 spiro atoms. The zero-order valence-corrected chi connectivity index (χ0v) is 18.1. The summed E-state index contributed by atoms with van der Waals surface area (Å²) in [7, 11) is 1.60. The summed E-state index contributed by atoms with van der Waals surface area (Å²) in [5.41, 5.74) is 2.43. The topological polar surface area (TPSA) is 82.5 Å². The molecular formula is C22H28N4O4. The van der Waals surface area contributed by atoms with Crippen LogP contribution in [0.5, 0.6) is 5.75 Å². The molecule has 1 aliphatic heterocycles. The SMILES string of the molecule is COc1ccc2oc(=O)n(C3CCN(C(=O)c4cc(C)nn4C(C)(C)C)CC3)c2c1. The minimum atomic E-state index is -0.371. The van der Waals surface area contributed by atoms with E-state index in [1.807, 2.05) is 44.7 Å². The smallest absolute Gasteiger partial charge is 0.420 e. The van der Waals surface area contributed by atoms with E-state index < -0.39 is 0 Å². The van der Waals surface area contributed by atoms with Crippen LogP contribution in [0.3, 0.4) is 0 Å². The number of nitrogens with zero attached hydrogens (tertiary/aromatic N) is 4. The average molecular weight is 412 g/mol. The molecule has 1 aliphatic rings. The first-order chi connectivity index (χ1) is 14.2. The largest absolute Gasteiger partial charge is 0.497 e. The van der Waals surface area contributed by atoms with Gasteiger partial charge in [-0.1, -0.05) is 0 Å². The molecule has 3 heterocycles. The van der Waals surface area contributed by atoms with Crippen molar-refractivity contribution in [2.45, 2.75) is 52.1 Å². The summed E-state index contributed by atoms with van der Waals surface area (Å²) in [4.78, 5) is 27.5. The summed E-state index contributed by atoms with van der Waals surface area (Å²) in [5, 5.41) is 4.51. The number of hydrogen-bond acceptors (Lipinski definition) is 5. The normalized spacial score (nSPS) is 15.7. The minimum Gasteiger partial charge on any atom is -0.497 e. The van der Waals surface area contributed by atoms with Gasteiger partial charge in [0.1, 0.15) is 11.4 Å². The Balaban J connectivity index is 1.55. The number of likely N-dealkylation sites (tertiary alicyclic amines) is 1. The Morgan fingerprint density at radius 1 is 1.20 bits per heavy atom. The number of fused-ring (bicyclic) bond motifs is 1. The van der Waals surface area contributed by atoms with Gasteiger partial charge in [0.15, 0.2) is 5.58 Å². The standard InChI is InChI=1S/C22H28N4O4/c1-14-12-18(26(23-14)22(2,3)4)20(27)24-10-8-15(9-11-24)25-17-13-16(29-5)6-7-19(17)30-21(25)28/h6-7,12-13,15H,8-11H2,1-5H3. The first-order valence-electron chi connectivity index (χ1n) is 10.2. The number of aromatic nitrogens is 3. The number of rotatable bonds is 3. The first kappa shape index (κ1) is 20.3. The molecule has 0 bridgehead atoms. The molecule has 1 saturated heterocycles. The highest BCUT2D eigenvalue weighted by molar-refractivity contribution is 5.93. The summed E-state index contributed by atoms with van der Waals surface area (Å²) in [5.74, 6) is 0.287. The number of oxazole rings is 1. The van der Waals surface area contributed by atoms with Crippen LogP contribution in [0.1, 0.15) is 55.8 Å². The van der Waals surface area contributed by atoms with E-state index >= 15 is 0 Å². The van der Waals surface area contributed by atoms with Crippen LogP contribution >= 0.6 is 0 Å². The monoisotopic (exact) mass is 412 g/mol. The lowest BCUT2D eigenvalue weighted by molar-refractivity contribution is 0.0673. The maximum absolute atomic E-state index is 13.2. The summed E-state index contributed by atoms with van der Waals surface area (Å²) < 4.78 is 14.2. The number of amides is 1. The van der Waals surface area contributed by atoms with Gasteiger partial charge < -0.3 is 14.1 Å². The van der Waals surface area contributed by atoms with E-state index in [0.717, 1.165) is 11.2 Å². The summed E-state index contributed by atoms with van der Waals surface area (Å²) in [6, 6.07) is 7.17. The number of carbonyl (C=O) groups excluding carboxylic acids is 1. The Labute approximate surface area is 175 Å². The van der Waals surface area contributed by atoms with Crippen molar-refractivity contribution in [3.63, 3.8) is 0 Å². The summed E-state index contributed by atoms with van der Waals surface area (Å²) in [6.07, 6.45) is 1.36. The van der Waals surface area contributed by atoms with Crippen LogP contribution in [-0.2, 0) is 5.54 Å². The van der Waals surface area contributed by atoms with Gasteiger partial charge in [-0.05, 0) is 58.7 Å². The van der Waals surface area contributed by atoms with Gasteiger partial charge in [-0.2, -0.15) is 5.10 Å². The molecule has 0 atom stereocenters. The Bertz CT molecular complexity index is 1140. The average Bonchev–Trinajstić information content (AvgIpc) is 3.26. The molecule has 0 radical (unpaired) electrons. The molecule has 0 N–H and O–H groups in total. The third-order valence-electron chi connectivity index (χ3n) is 5.62.